The molecule has 0 aliphatic carbocycles. The number of amides is 1. The van der Waals surface area contributed by atoms with Crippen molar-refractivity contribution in [2.24, 2.45) is 0 Å². The largest absolute Gasteiger partial charge is 0.325 e. The topological polar surface area (TPSA) is 71.3 Å². The fourth-order valence-electron chi connectivity index (χ4n) is 3.04. The van der Waals surface area contributed by atoms with E-state index < -0.39 is 0 Å². The molecule has 4 rings (SSSR count). The lowest BCUT2D eigenvalue weighted by molar-refractivity contribution is -0.117. The van der Waals surface area contributed by atoms with Crippen LogP contribution in [-0.2, 0) is 11.2 Å². The molecule has 1 aliphatic rings. The maximum Gasteiger partial charge on any atom is 0.241 e. The molecule has 0 radical (unpaired) electrons. The number of carbonyl (C=O) groups excluding carboxylic acids is 1. The smallest absolute Gasteiger partial charge is 0.241 e. The van der Waals surface area contributed by atoms with Crippen LogP contribution < -0.4 is 10.6 Å². The molecule has 1 unspecified atom stereocenters. The summed E-state index contributed by atoms with van der Waals surface area (Å²) in [7, 11) is 0. The van der Waals surface area contributed by atoms with E-state index in [4.69, 9.17) is 0 Å². The summed E-state index contributed by atoms with van der Waals surface area (Å²) in [4.78, 5) is 12.1. The van der Waals surface area contributed by atoms with Crippen molar-refractivity contribution in [3.05, 3.63) is 60.0 Å². The normalized spacial score (nSPS) is 17.2. The van der Waals surface area contributed by atoms with E-state index in [1.165, 1.54) is 0 Å². The maximum absolute atomic E-state index is 12.1. The van der Waals surface area contributed by atoms with E-state index >= 15 is 0 Å². The van der Waals surface area contributed by atoms with Gasteiger partial charge in [0, 0.05) is 18.3 Å². The van der Waals surface area contributed by atoms with Crippen molar-refractivity contribution in [1.82, 2.24) is 19.9 Å². The average Bonchev–Trinajstić information content (AvgIpc) is 3.27. The molecule has 1 amide bonds. The molecule has 1 aliphatic heterocycles. The van der Waals surface area contributed by atoms with Crippen LogP contribution in [-0.4, -0.2) is 33.1 Å². The zero-order valence-electron chi connectivity index (χ0n) is 13.3. The number of hydrogen-bond donors (Lipinski definition) is 2. The summed E-state index contributed by atoms with van der Waals surface area (Å²) in [6.45, 7) is 0.920. The molecule has 6 heteroatoms. The molecule has 122 valence electrons. The van der Waals surface area contributed by atoms with Gasteiger partial charge in [-0.1, -0.05) is 18.2 Å². The van der Waals surface area contributed by atoms with Crippen LogP contribution in [0.4, 0.5) is 5.69 Å². The highest BCUT2D eigenvalue weighted by Crippen LogP contribution is 2.15. The second kappa shape index (κ2) is 6.41. The number of anilines is 1. The summed E-state index contributed by atoms with van der Waals surface area (Å²) >= 11 is 0. The van der Waals surface area contributed by atoms with E-state index in [0.717, 1.165) is 42.1 Å². The first-order chi connectivity index (χ1) is 11.8. The number of nitrogens with zero attached hydrogens (tertiary/aromatic N) is 3. The summed E-state index contributed by atoms with van der Waals surface area (Å²) < 4.78 is 1.99. The minimum atomic E-state index is -0.0629. The van der Waals surface area contributed by atoms with Gasteiger partial charge in [0.25, 0.3) is 0 Å². The lowest BCUT2D eigenvalue weighted by Gasteiger charge is -2.11. The Hall–Kier alpha value is -2.73. The SMILES string of the molecule is O=C(Nc1ccc(Cc2nnc3ccccn23)cc1)C1CCCN1. The number of carbonyl (C=O) groups is 1. The van der Waals surface area contributed by atoms with Gasteiger partial charge in [-0.25, -0.2) is 0 Å². The Morgan fingerprint density at radius 1 is 1.21 bits per heavy atom. The van der Waals surface area contributed by atoms with E-state index in [1.54, 1.807) is 0 Å². The van der Waals surface area contributed by atoms with Crippen molar-refractivity contribution in [1.29, 1.82) is 0 Å². The summed E-state index contributed by atoms with van der Waals surface area (Å²) in [5.41, 5.74) is 2.80. The van der Waals surface area contributed by atoms with Gasteiger partial charge >= 0.3 is 0 Å². The van der Waals surface area contributed by atoms with Gasteiger partial charge in [-0.2, -0.15) is 0 Å². The van der Waals surface area contributed by atoms with Gasteiger partial charge < -0.3 is 10.6 Å². The second-order valence-corrected chi connectivity index (χ2v) is 6.06. The maximum atomic E-state index is 12.1. The third kappa shape index (κ3) is 3.00. The third-order valence-electron chi connectivity index (χ3n) is 4.34. The van der Waals surface area contributed by atoms with Crippen LogP contribution in [0.2, 0.25) is 0 Å². The van der Waals surface area contributed by atoms with Crippen molar-refractivity contribution in [2.45, 2.75) is 25.3 Å². The number of benzene rings is 1. The fraction of sp³-hybridized carbons (Fsp3) is 0.278. The van der Waals surface area contributed by atoms with Crippen LogP contribution in [0.5, 0.6) is 0 Å². The number of nitrogens with one attached hydrogen (secondary N) is 2. The molecule has 0 saturated carbocycles. The molecule has 3 heterocycles. The summed E-state index contributed by atoms with van der Waals surface area (Å²) in [5, 5.41) is 14.6. The molecule has 2 N–H and O–H groups in total. The molecule has 6 nitrogen and oxygen atoms in total. The molecule has 3 aromatic rings. The fourth-order valence-corrected chi connectivity index (χ4v) is 3.04. The summed E-state index contributed by atoms with van der Waals surface area (Å²) in [6.07, 6.45) is 4.63. The Labute approximate surface area is 139 Å². The first-order valence-electron chi connectivity index (χ1n) is 8.21. The van der Waals surface area contributed by atoms with E-state index in [2.05, 4.69) is 20.8 Å². The Balaban J connectivity index is 1.44. The Morgan fingerprint density at radius 3 is 2.88 bits per heavy atom. The minimum Gasteiger partial charge on any atom is -0.325 e. The lowest BCUT2D eigenvalue weighted by atomic mass is 10.1. The van der Waals surface area contributed by atoms with Gasteiger partial charge in [-0.05, 0) is 49.2 Å². The van der Waals surface area contributed by atoms with Crippen molar-refractivity contribution in [3.63, 3.8) is 0 Å². The first kappa shape index (κ1) is 14.8. The number of aromatic nitrogens is 3. The van der Waals surface area contributed by atoms with E-state index in [-0.39, 0.29) is 11.9 Å². The molecule has 0 bridgehead atoms. The van der Waals surface area contributed by atoms with Crippen LogP contribution in [0.1, 0.15) is 24.2 Å². The predicted molar refractivity (Wildman–Crippen MR) is 91.9 cm³/mol. The zero-order chi connectivity index (χ0) is 16.4. The van der Waals surface area contributed by atoms with Gasteiger partial charge in [0.05, 0.1) is 6.04 Å². The van der Waals surface area contributed by atoms with Crippen LogP contribution in [0.25, 0.3) is 5.65 Å². The first-order valence-corrected chi connectivity index (χ1v) is 8.21. The van der Waals surface area contributed by atoms with E-state index in [9.17, 15) is 4.79 Å². The molecule has 1 atom stereocenters. The van der Waals surface area contributed by atoms with Gasteiger partial charge in [0.2, 0.25) is 5.91 Å². The van der Waals surface area contributed by atoms with Gasteiger partial charge in [0.15, 0.2) is 5.65 Å². The Kier molecular flexibility index (Phi) is 3.96. The molecule has 1 saturated heterocycles. The lowest BCUT2D eigenvalue weighted by Crippen LogP contribution is -2.35. The van der Waals surface area contributed by atoms with Crippen LogP contribution >= 0.6 is 0 Å². The summed E-state index contributed by atoms with van der Waals surface area (Å²) in [6, 6.07) is 13.7. The minimum absolute atomic E-state index is 0.0451. The molecule has 24 heavy (non-hydrogen) atoms. The van der Waals surface area contributed by atoms with Crippen molar-refractivity contribution in [3.8, 4) is 0 Å². The third-order valence-corrected chi connectivity index (χ3v) is 4.34. The average molecular weight is 321 g/mol. The Morgan fingerprint density at radius 2 is 2.08 bits per heavy atom. The monoisotopic (exact) mass is 321 g/mol. The molecule has 2 aromatic heterocycles. The number of fused-ring (bicyclic) bond motifs is 1. The van der Waals surface area contributed by atoms with Crippen molar-refractivity contribution < 1.29 is 4.79 Å². The predicted octanol–water partition coefficient (Wildman–Crippen LogP) is 2.01. The van der Waals surface area contributed by atoms with Crippen molar-refractivity contribution in [2.75, 3.05) is 11.9 Å². The zero-order valence-corrected chi connectivity index (χ0v) is 13.3. The quantitative estimate of drug-likeness (QED) is 0.771. The van der Waals surface area contributed by atoms with Crippen LogP contribution in [0, 0.1) is 0 Å². The molecular formula is C18H19N5O. The van der Waals surface area contributed by atoms with E-state index in [1.807, 2.05) is 53.1 Å². The van der Waals surface area contributed by atoms with Gasteiger partial charge in [-0.15, -0.1) is 10.2 Å². The van der Waals surface area contributed by atoms with Gasteiger partial charge in [0.1, 0.15) is 5.82 Å². The molecule has 1 aromatic carbocycles. The molecular weight excluding hydrogens is 302 g/mol. The van der Waals surface area contributed by atoms with Crippen LogP contribution in [0.15, 0.2) is 48.7 Å². The highest BCUT2D eigenvalue weighted by atomic mass is 16.2. The number of pyridine rings is 1. The highest BCUT2D eigenvalue weighted by molar-refractivity contribution is 5.95. The number of rotatable bonds is 4. The molecule has 0 spiro atoms. The van der Waals surface area contributed by atoms with Crippen molar-refractivity contribution >= 4 is 17.2 Å². The second-order valence-electron chi connectivity index (χ2n) is 6.06. The van der Waals surface area contributed by atoms with Gasteiger partial charge in [-0.3, -0.25) is 9.20 Å². The standard InChI is InChI=1S/C18H19N5O/c24-18(15-4-3-10-19-15)20-14-8-6-13(7-9-14)12-17-22-21-16-5-1-2-11-23(16)17/h1-2,5-9,11,15,19H,3-4,10,12H2,(H,20,24). The molecule has 1 fully saturated rings. The highest BCUT2D eigenvalue weighted by Gasteiger charge is 2.21. The summed E-state index contributed by atoms with van der Waals surface area (Å²) in [5.74, 6) is 0.946. The van der Waals surface area contributed by atoms with Crippen LogP contribution in [0.3, 0.4) is 0 Å². The number of hydrogen-bond acceptors (Lipinski definition) is 4. The Bertz CT molecular complexity index is 849. The van der Waals surface area contributed by atoms with E-state index in [0.29, 0.717) is 6.42 Å².